The molecular formula is C16H18N2O3. The highest BCUT2D eigenvalue weighted by Gasteiger charge is 2.13. The average Bonchev–Trinajstić information content (AvgIpc) is 2.46. The first-order valence-electron chi connectivity index (χ1n) is 6.71. The van der Waals surface area contributed by atoms with Crippen molar-refractivity contribution in [3.05, 3.63) is 69.3 Å². The molecule has 0 unspecified atom stereocenters. The second-order valence-electron chi connectivity index (χ2n) is 4.78. The molecule has 0 spiro atoms. The fourth-order valence-electron chi connectivity index (χ4n) is 2.13. The Labute approximate surface area is 123 Å². The second-order valence-corrected chi connectivity index (χ2v) is 4.78. The first-order valence-corrected chi connectivity index (χ1v) is 6.71. The predicted molar refractivity (Wildman–Crippen MR) is 81.4 cm³/mol. The van der Waals surface area contributed by atoms with Crippen LogP contribution in [0.2, 0.25) is 0 Å². The highest BCUT2D eigenvalue weighted by atomic mass is 16.6. The zero-order valence-corrected chi connectivity index (χ0v) is 12.1. The van der Waals surface area contributed by atoms with Gasteiger partial charge in [0.1, 0.15) is 12.4 Å². The summed E-state index contributed by atoms with van der Waals surface area (Å²) in [6.07, 6.45) is 0. The summed E-state index contributed by atoms with van der Waals surface area (Å²) in [5.41, 5.74) is 2.72. The van der Waals surface area contributed by atoms with E-state index in [1.807, 2.05) is 37.4 Å². The molecule has 5 nitrogen and oxygen atoms in total. The minimum atomic E-state index is -0.369. The highest BCUT2D eigenvalue weighted by molar-refractivity contribution is 5.44. The third kappa shape index (κ3) is 3.79. The molecule has 1 N–H and O–H groups in total. The van der Waals surface area contributed by atoms with Crippen molar-refractivity contribution in [2.75, 3.05) is 7.05 Å². The lowest BCUT2D eigenvalue weighted by Gasteiger charge is -2.10. The van der Waals surface area contributed by atoms with Gasteiger partial charge in [0.05, 0.1) is 4.92 Å². The van der Waals surface area contributed by atoms with Gasteiger partial charge in [-0.1, -0.05) is 24.3 Å². The molecule has 0 radical (unpaired) electrons. The number of ether oxygens (including phenoxy) is 1. The van der Waals surface area contributed by atoms with Crippen LogP contribution in [0, 0.1) is 17.0 Å². The van der Waals surface area contributed by atoms with E-state index in [4.69, 9.17) is 4.74 Å². The molecular weight excluding hydrogens is 268 g/mol. The number of hydrogen-bond acceptors (Lipinski definition) is 4. The molecule has 0 atom stereocenters. The van der Waals surface area contributed by atoms with Crippen LogP contribution in [0.3, 0.4) is 0 Å². The van der Waals surface area contributed by atoms with Crippen molar-refractivity contribution in [2.45, 2.75) is 20.1 Å². The maximum Gasteiger partial charge on any atom is 0.272 e. The number of nitro groups is 1. The summed E-state index contributed by atoms with van der Waals surface area (Å²) in [5.74, 6) is 0.758. The normalized spacial score (nSPS) is 10.4. The Bertz CT molecular complexity index is 641. The number of nitrogens with one attached hydrogen (secondary N) is 1. The van der Waals surface area contributed by atoms with E-state index in [2.05, 4.69) is 5.32 Å². The van der Waals surface area contributed by atoms with Gasteiger partial charge >= 0.3 is 0 Å². The van der Waals surface area contributed by atoms with E-state index in [9.17, 15) is 10.1 Å². The molecule has 110 valence electrons. The summed E-state index contributed by atoms with van der Waals surface area (Å²) in [4.78, 5) is 10.6. The van der Waals surface area contributed by atoms with Gasteiger partial charge < -0.3 is 10.1 Å². The summed E-state index contributed by atoms with van der Waals surface area (Å²) in [6.45, 7) is 2.83. The first kappa shape index (κ1) is 15.0. The van der Waals surface area contributed by atoms with Crippen LogP contribution >= 0.6 is 0 Å². The topological polar surface area (TPSA) is 64.4 Å². The van der Waals surface area contributed by atoms with Crippen LogP contribution in [0.1, 0.15) is 16.7 Å². The van der Waals surface area contributed by atoms with Gasteiger partial charge in [0.15, 0.2) is 0 Å². The molecule has 0 amide bonds. The number of rotatable bonds is 6. The lowest BCUT2D eigenvalue weighted by Crippen LogP contribution is -2.05. The Morgan fingerprint density at radius 1 is 1.24 bits per heavy atom. The first-order chi connectivity index (χ1) is 10.1. The van der Waals surface area contributed by atoms with E-state index in [1.165, 1.54) is 6.07 Å². The second kappa shape index (κ2) is 6.85. The molecule has 0 saturated carbocycles. The summed E-state index contributed by atoms with van der Waals surface area (Å²) in [5, 5.41) is 14.0. The predicted octanol–water partition coefficient (Wildman–Crippen LogP) is 3.20. The fraction of sp³-hybridized carbons (Fsp3) is 0.250. The third-order valence-corrected chi connectivity index (χ3v) is 3.29. The van der Waals surface area contributed by atoms with Gasteiger partial charge in [0.25, 0.3) is 5.69 Å². The Hall–Kier alpha value is -2.40. The molecule has 0 heterocycles. The Balaban J connectivity index is 2.11. The zero-order chi connectivity index (χ0) is 15.2. The van der Waals surface area contributed by atoms with E-state index in [1.54, 1.807) is 13.0 Å². The lowest BCUT2D eigenvalue weighted by atomic mass is 10.1. The van der Waals surface area contributed by atoms with E-state index >= 15 is 0 Å². The van der Waals surface area contributed by atoms with E-state index in [0.717, 1.165) is 23.4 Å². The van der Waals surface area contributed by atoms with Crippen molar-refractivity contribution in [3.8, 4) is 5.75 Å². The van der Waals surface area contributed by atoms with E-state index in [-0.39, 0.29) is 10.6 Å². The molecule has 21 heavy (non-hydrogen) atoms. The van der Waals surface area contributed by atoms with Gasteiger partial charge in [-0.2, -0.15) is 0 Å². The van der Waals surface area contributed by atoms with Crippen LogP contribution in [0.5, 0.6) is 5.75 Å². The lowest BCUT2D eigenvalue weighted by molar-refractivity contribution is -0.385. The number of hydrogen-bond donors (Lipinski definition) is 1. The standard InChI is InChI=1S/C16H18N2O3/c1-12-14(6-4-8-16(12)18(19)20)11-21-15-7-3-5-13(9-15)10-17-2/h3-9,17H,10-11H2,1-2H3. The third-order valence-electron chi connectivity index (χ3n) is 3.29. The Morgan fingerprint density at radius 2 is 2.00 bits per heavy atom. The van der Waals surface area contributed by atoms with Gasteiger partial charge in [-0.15, -0.1) is 0 Å². The van der Waals surface area contributed by atoms with Crippen LogP contribution in [-0.4, -0.2) is 12.0 Å². The SMILES string of the molecule is CNCc1cccc(OCc2cccc([N+](=O)[O-])c2C)c1. The maximum absolute atomic E-state index is 10.9. The van der Waals surface area contributed by atoms with Crippen molar-refractivity contribution in [2.24, 2.45) is 0 Å². The molecule has 0 aromatic heterocycles. The summed E-state index contributed by atoms with van der Waals surface area (Å²) in [6, 6.07) is 12.8. The molecule has 2 aromatic carbocycles. The van der Waals surface area contributed by atoms with Gasteiger partial charge in [-0.25, -0.2) is 0 Å². The molecule has 2 rings (SSSR count). The van der Waals surface area contributed by atoms with Crippen molar-refractivity contribution < 1.29 is 9.66 Å². The molecule has 5 heteroatoms. The van der Waals surface area contributed by atoms with Gasteiger partial charge in [0, 0.05) is 18.2 Å². The monoisotopic (exact) mass is 286 g/mol. The smallest absolute Gasteiger partial charge is 0.272 e. The molecule has 0 bridgehead atoms. The van der Waals surface area contributed by atoms with Crippen LogP contribution in [0.15, 0.2) is 42.5 Å². The van der Waals surface area contributed by atoms with E-state index in [0.29, 0.717) is 12.2 Å². The number of nitro benzene ring substituents is 1. The average molecular weight is 286 g/mol. The molecule has 0 fully saturated rings. The van der Waals surface area contributed by atoms with Gasteiger partial charge in [-0.3, -0.25) is 10.1 Å². The number of nitrogens with zero attached hydrogens (tertiary/aromatic N) is 1. The largest absolute Gasteiger partial charge is 0.489 e. The van der Waals surface area contributed by atoms with Crippen molar-refractivity contribution in [1.82, 2.24) is 5.32 Å². The van der Waals surface area contributed by atoms with Gasteiger partial charge in [-0.05, 0) is 37.2 Å². The maximum atomic E-state index is 10.9. The van der Waals surface area contributed by atoms with Crippen molar-refractivity contribution in [1.29, 1.82) is 0 Å². The van der Waals surface area contributed by atoms with Crippen LogP contribution in [-0.2, 0) is 13.2 Å². The van der Waals surface area contributed by atoms with E-state index < -0.39 is 0 Å². The number of benzene rings is 2. The minimum absolute atomic E-state index is 0.125. The van der Waals surface area contributed by atoms with Crippen molar-refractivity contribution >= 4 is 5.69 Å². The Kier molecular flexibility index (Phi) is 4.90. The van der Waals surface area contributed by atoms with Crippen LogP contribution < -0.4 is 10.1 Å². The summed E-state index contributed by atoms with van der Waals surface area (Å²) in [7, 11) is 1.89. The Morgan fingerprint density at radius 3 is 2.71 bits per heavy atom. The summed E-state index contributed by atoms with van der Waals surface area (Å²) >= 11 is 0. The van der Waals surface area contributed by atoms with Crippen LogP contribution in [0.4, 0.5) is 5.69 Å². The molecule has 0 aliphatic carbocycles. The molecule has 0 aliphatic heterocycles. The minimum Gasteiger partial charge on any atom is -0.489 e. The molecule has 2 aromatic rings. The molecule has 0 aliphatic rings. The van der Waals surface area contributed by atoms with Crippen molar-refractivity contribution in [3.63, 3.8) is 0 Å². The fourth-order valence-corrected chi connectivity index (χ4v) is 2.13. The highest BCUT2D eigenvalue weighted by Crippen LogP contribution is 2.23. The van der Waals surface area contributed by atoms with Crippen LogP contribution in [0.25, 0.3) is 0 Å². The molecule has 0 saturated heterocycles. The summed E-state index contributed by atoms with van der Waals surface area (Å²) < 4.78 is 5.74. The quantitative estimate of drug-likeness (QED) is 0.654. The zero-order valence-electron chi connectivity index (χ0n) is 12.1. The van der Waals surface area contributed by atoms with Gasteiger partial charge in [0.2, 0.25) is 0 Å².